The molecule has 1 saturated heterocycles. The van der Waals surface area contributed by atoms with Gasteiger partial charge in [0.05, 0.1) is 34.9 Å². The van der Waals surface area contributed by atoms with Crippen LogP contribution in [0.3, 0.4) is 0 Å². The van der Waals surface area contributed by atoms with Gasteiger partial charge in [0, 0.05) is 30.1 Å². The quantitative estimate of drug-likeness (QED) is 0.483. The van der Waals surface area contributed by atoms with Crippen LogP contribution in [0.15, 0.2) is 70.9 Å². The lowest BCUT2D eigenvalue weighted by Crippen LogP contribution is -2.43. The molecule has 2 heterocycles. The van der Waals surface area contributed by atoms with Crippen molar-refractivity contribution in [3.63, 3.8) is 0 Å². The molecule has 1 aromatic heterocycles. The number of rotatable bonds is 8. The van der Waals surface area contributed by atoms with E-state index in [2.05, 4.69) is 21.0 Å². The number of carbonyl (C=O) groups excluding carboxylic acids is 1. The molecule has 3 aromatic rings. The minimum Gasteiger partial charge on any atom is -0.379 e. The first-order valence-electron chi connectivity index (χ1n) is 10.4. The van der Waals surface area contributed by atoms with E-state index in [0.717, 1.165) is 18.0 Å². The maximum Gasteiger partial charge on any atom is 0.261 e. The van der Waals surface area contributed by atoms with Crippen LogP contribution in [0.25, 0.3) is 0 Å². The summed E-state index contributed by atoms with van der Waals surface area (Å²) in [6.07, 6.45) is 0. The molecule has 0 spiro atoms. The molecule has 0 saturated carbocycles. The summed E-state index contributed by atoms with van der Waals surface area (Å²) in [5.74, 6) is -0.334. The maximum absolute atomic E-state index is 12.9. The third-order valence-corrected chi connectivity index (χ3v) is 8.01. The predicted molar refractivity (Wildman–Crippen MR) is 130 cm³/mol. The number of amides is 1. The zero-order valence-electron chi connectivity index (χ0n) is 17.7. The van der Waals surface area contributed by atoms with Gasteiger partial charge in [-0.15, -0.1) is 11.3 Å². The highest BCUT2D eigenvalue weighted by Crippen LogP contribution is 2.26. The van der Waals surface area contributed by atoms with Crippen molar-refractivity contribution in [2.24, 2.45) is 0 Å². The number of thiophene rings is 1. The van der Waals surface area contributed by atoms with Crippen LogP contribution in [0, 0.1) is 0 Å². The minimum atomic E-state index is -3.91. The van der Waals surface area contributed by atoms with Crippen molar-refractivity contribution in [2.45, 2.75) is 10.9 Å². The third-order valence-electron chi connectivity index (χ3n) is 5.34. The molecule has 174 valence electrons. The van der Waals surface area contributed by atoms with E-state index in [-0.39, 0.29) is 33.1 Å². The molecule has 1 amide bonds. The Morgan fingerprint density at radius 3 is 2.61 bits per heavy atom. The molecule has 0 bridgehead atoms. The molecule has 4 rings (SSSR count). The standard InChI is InChI=1S/C23H24ClN3O4S2/c24-19-7-1-2-8-20(19)26-33(29,30)18-6-3-5-17(15-18)23(28)25-16-21(22-9-4-14-32-22)27-10-12-31-13-11-27/h1-9,14-15,21,26H,10-13,16H2,(H,25,28). The van der Waals surface area contributed by atoms with Gasteiger partial charge in [0.1, 0.15) is 0 Å². The van der Waals surface area contributed by atoms with Gasteiger partial charge in [-0.1, -0.05) is 35.9 Å². The Balaban J connectivity index is 1.47. The van der Waals surface area contributed by atoms with Crippen LogP contribution in [0.5, 0.6) is 0 Å². The number of halogens is 1. The second-order valence-corrected chi connectivity index (χ2v) is 10.6. The van der Waals surface area contributed by atoms with Crippen LogP contribution in [-0.2, 0) is 14.8 Å². The van der Waals surface area contributed by atoms with E-state index < -0.39 is 10.0 Å². The molecule has 1 fully saturated rings. The van der Waals surface area contributed by atoms with Crippen LogP contribution in [0.4, 0.5) is 5.69 Å². The number of benzene rings is 2. The number of hydrogen-bond acceptors (Lipinski definition) is 6. The number of hydrogen-bond donors (Lipinski definition) is 2. The molecule has 1 aliphatic heterocycles. The molecule has 33 heavy (non-hydrogen) atoms. The number of nitrogens with one attached hydrogen (secondary N) is 2. The summed E-state index contributed by atoms with van der Waals surface area (Å²) < 4.78 is 33.6. The van der Waals surface area contributed by atoms with Crippen molar-refractivity contribution >= 4 is 44.6 Å². The molecule has 0 aliphatic carbocycles. The van der Waals surface area contributed by atoms with Gasteiger partial charge in [0.15, 0.2) is 0 Å². The molecule has 2 aromatic carbocycles. The van der Waals surface area contributed by atoms with Crippen molar-refractivity contribution in [3.8, 4) is 0 Å². The minimum absolute atomic E-state index is 0.0157. The van der Waals surface area contributed by atoms with E-state index in [1.165, 1.54) is 12.1 Å². The molecular weight excluding hydrogens is 482 g/mol. The highest BCUT2D eigenvalue weighted by Gasteiger charge is 2.24. The summed E-state index contributed by atoms with van der Waals surface area (Å²) in [7, 11) is -3.91. The topological polar surface area (TPSA) is 87.7 Å². The van der Waals surface area contributed by atoms with Crippen molar-refractivity contribution in [1.29, 1.82) is 0 Å². The van der Waals surface area contributed by atoms with Gasteiger partial charge in [0.2, 0.25) is 0 Å². The number of ether oxygens (including phenoxy) is 1. The number of carbonyl (C=O) groups is 1. The fraction of sp³-hybridized carbons (Fsp3) is 0.261. The average Bonchev–Trinajstić information content (AvgIpc) is 3.36. The predicted octanol–water partition coefficient (Wildman–Crippen LogP) is 4.01. The monoisotopic (exact) mass is 505 g/mol. The molecule has 10 heteroatoms. The van der Waals surface area contributed by atoms with Crippen molar-refractivity contribution in [2.75, 3.05) is 37.6 Å². The summed E-state index contributed by atoms with van der Waals surface area (Å²) in [5.41, 5.74) is 0.544. The lowest BCUT2D eigenvalue weighted by molar-refractivity contribution is 0.0169. The molecule has 1 atom stereocenters. The number of nitrogens with zero attached hydrogens (tertiary/aromatic N) is 1. The van der Waals surface area contributed by atoms with Gasteiger partial charge in [-0.2, -0.15) is 0 Å². The SMILES string of the molecule is O=C(NCC(c1cccs1)N1CCOCC1)c1cccc(S(=O)(=O)Nc2ccccc2Cl)c1. The summed E-state index contributed by atoms with van der Waals surface area (Å²) in [6.45, 7) is 3.32. The highest BCUT2D eigenvalue weighted by molar-refractivity contribution is 7.92. The zero-order valence-corrected chi connectivity index (χ0v) is 20.1. The largest absolute Gasteiger partial charge is 0.379 e. The normalized spacial score (nSPS) is 15.7. The summed E-state index contributed by atoms with van der Waals surface area (Å²) >= 11 is 7.72. The van der Waals surface area contributed by atoms with E-state index in [9.17, 15) is 13.2 Å². The molecule has 1 unspecified atom stereocenters. The lowest BCUT2D eigenvalue weighted by Gasteiger charge is -2.34. The van der Waals surface area contributed by atoms with E-state index >= 15 is 0 Å². The fourth-order valence-electron chi connectivity index (χ4n) is 3.62. The van der Waals surface area contributed by atoms with Gasteiger partial charge >= 0.3 is 0 Å². The van der Waals surface area contributed by atoms with Crippen LogP contribution >= 0.6 is 22.9 Å². The summed E-state index contributed by atoms with van der Waals surface area (Å²) in [4.78, 5) is 16.4. The number of para-hydroxylation sites is 1. The average molecular weight is 506 g/mol. The van der Waals surface area contributed by atoms with Gasteiger partial charge in [-0.25, -0.2) is 8.42 Å². The highest BCUT2D eigenvalue weighted by atomic mass is 35.5. The van der Waals surface area contributed by atoms with Crippen molar-refractivity contribution in [1.82, 2.24) is 10.2 Å². The van der Waals surface area contributed by atoms with Crippen LogP contribution < -0.4 is 10.0 Å². The van der Waals surface area contributed by atoms with Crippen molar-refractivity contribution < 1.29 is 17.9 Å². The second-order valence-electron chi connectivity index (χ2n) is 7.50. The fourth-order valence-corrected chi connectivity index (χ4v) is 5.85. The van der Waals surface area contributed by atoms with Gasteiger partial charge in [-0.05, 0) is 41.8 Å². The number of anilines is 1. The Kier molecular flexibility index (Phi) is 7.67. The van der Waals surface area contributed by atoms with Crippen LogP contribution in [-0.4, -0.2) is 52.1 Å². The van der Waals surface area contributed by atoms with E-state index in [1.807, 2.05) is 11.4 Å². The van der Waals surface area contributed by atoms with Crippen molar-refractivity contribution in [3.05, 3.63) is 81.5 Å². The second kappa shape index (κ2) is 10.7. The summed E-state index contributed by atoms with van der Waals surface area (Å²) in [5, 5.41) is 5.28. The van der Waals surface area contributed by atoms with Gasteiger partial charge in [-0.3, -0.25) is 14.4 Å². The third kappa shape index (κ3) is 5.93. The first kappa shape index (κ1) is 23.7. The Hall–Kier alpha value is -2.43. The molecule has 7 nitrogen and oxygen atoms in total. The first-order valence-corrected chi connectivity index (χ1v) is 13.2. The maximum atomic E-state index is 12.9. The van der Waals surface area contributed by atoms with Gasteiger partial charge in [0.25, 0.3) is 15.9 Å². The molecule has 1 aliphatic rings. The smallest absolute Gasteiger partial charge is 0.261 e. The number of sulfonamides is 1. The molecular formula is C23H24ClN3O4S2. The molecule has 0 radical (unpaired) electrons. The summed E-state index contributed by atoms with van der Waals surface area (Å²) in [6, 6.07) is 16.6. The van der Waals surface area contributed by atoms with Gasteiger partial charge < -0.3 is 10.1 Å². The Labute approximate surface area is 202 Å². The van der Waals surface area contributed by atoms with E-state index in [1.54, 1.807) is 47.7 Å². The van der Waals surface area contributed by atoms with E-state index in [4.69, 9.17) is 16.3 Å². The Morgan fingerprint density at radius 1 is 1.09 bits per heavy atom. The Morgan fingerprint density at radius 2 is 1.88 bits per heavy atom. The van der Waals surface area contributed by atoms with Crippen LogP contribution in [0.1, 0.15) is 21.3 Å². The van der Waals surface area contributed by atoms with Crippen LogP contribution in [0.2, 0.25) is 5.02 Å². The first-order chi connectivity index (χ1) is 15.9. The lowest BCUT2D eigenvalue weighted by atomic mass is 10.1. The zero-order chi connectivity index (χ0) is 23.3. The number of morpholine rings is 1. The van der Waals surface area contributed by atoms with E-state index in [0.29, 0.717) is 19.8 Å². The Bertz CT molecular complexity index is 1200. The molecule has 2 N–H and O–H groups in total.